The van der Waals surface area contributed by atoms with E-state index >= 15 is 0 Å². The zero-order chi connectivity index (χ0) is 26.1. The van der Waals surface area contributed by atoms with Crippen LogP contribution in [0.1, 0.15) is 39.9 Å². The lowest BCUT2D eigenvalue weighted by Gasteiger charge is -2.38. The smallest absolute Gasteiger partial charge is 0.257 e. The van der Waals surface area contributed by atoms with Crippen LogP contribution in [0, 0.1) is 5.92 Å². The molecular formula is C32H29N3O3. The van der Waals surface area contributed by atoms with Crippen molar-refractivity contribution in [3.63, 3.8) is 0 Å². The molecule has 1 aliphatic carbocycles. The number of anilines is 4. The molecule has 1 amide bonds. The molecule has 4 N–H and O–H groups in total. The Morgan fingerprint density at radius 2 is 1.58 bits per heavy atom. The molecule has 6 nitrogen and oxygen atoms in total. The first-order chi connectivity index (χ1) is 18.6. The molecule has 3 unspecified atom stereocenters. The van der Waals surface area contributed by atoms with Crippen LogP contribution in [0.3, 0.4) is 0 Å². The normalized spacial score (nSPS) is 19.1. The zero-order valence-corrected chi connectivity index (χ0v) is 21.0. The van der Waals surface area contributed by atoms with E-state index in [-0.39, 0.29) is 29.5 Å². The number of nitrogens with one attached hydrogen (secondary N) is 3. The number of amides is 1. The van der Waals surface area contributed by atoms with Gasteiger partial charge in [-0.1, -0.05) is 54.6 Å². The number of methoxy groups -OCH3 is 1. The van der Waals surface area contributed by atoms with Crippen molar-refractivity contribution in [1.82, 2.24) is 0 Å². The average molecular weight is 504 g/mol. The first-order valence-electron chi connectivity index (χ1n) is 12.8. The Hall–Kier alpha value is -4.71. The predicted molar refractivity (Wildman–Crippen MR) is 152 cm³/mol. The predicted octanol–water partition coefficient (Wildman–Crippen LogP) is 7.22. The van der Waals surface area contributed by atoms with Crippen LogP contribution in [0.15, 0.2) is 103 Å². The minimum absolute atomic E-state index is 0.132. The Bertz CT molecular complexity index is 1500. The van der Waals surface area contributed by atoms with Crippen LogP contribution < -0.4 is 20.7 Å². The zero-order valence-electron chi connectivity index (χ0n) is 21.0. The number of phenols is 1. The second-order valence-corrected chi connectivity index (χ2v) is 9.67. The van der Waals surface area contributed by atoms with Gasteiger partial charge in [0.25, 0.3) is 5.91 Å². The van der Waals surface area contributed by atoms with E-state index in [1.165, 1.54) is 0 Å². The van der Waals surface area contributed by atoms with Crippen LogP contribution >= 0.6 is 0 Å². The molecule has 190 valence electrons. The quantitative estimate of drug-likeness (QED) is 0.209. The van der Waals surface area contributed by atoms with E-state index < -0.39 is 0 Å². The van der Waals surface area contributed by atoms with E-state index in [9.17, 15) is 9.90 Å². The van der Waals surface area contributed by atoms with Gasteiger partial charge in [0, 0.05) is 28.5 Å². The number of carbonyl (C=O) groups is 1. The topological polar surface area (TPSA) is 82.6 Å². The molecule has 0 fully saturated rings. The number of benzene rings is 4. The number of phenolic OH excluding ortho intramolecular Hbond substituents is 1. The van der Waals surface area contributed by atoms with Crippen molar-refractivity contribution in [1.29, 1.82) is 0 Å². The van der Waals surface area contributed by atoms with Gasteiger partial charge in [0.05, 0.1) is 24.4 Å². The molecule has 6 heteroatoms. The van der Waals surface area contributed by atoms with Crippen molar-refractivity contribution in [3.05, 3.63) is 120 Å². The maximum atomic E-state index is 13.5. The number of hydrogen-bond acceptors (Lipinski definition) is 5. The third-order valence-corrected chi connectivity index (χ3v) is 7.43. The molecule has 4 aromatic rings. The maximum Gasteiger partial charge on any atom is 0.257 e. The molecule has 0 saturated heterocycles. The fourth-order valence-corrected chi connectivity index (χ4v) is 5.60. The number of carbonyl (C=O) groups excluding carboxylic acids is 1. The lowest BCUT2D eigenvalue weighted by atomic mass is 9.76. The Kier molecular flexibility index (Phi) is 6.22. The third-order valence-electron chi connectivity index (χ3n) is 7.43. The Balaban J connectivity index is 1.27. The summed E-state index contributed by atoms with van der Waals surface area (Å²) in [6.45, 7) is 0. The fraction of sp³-hybridized carbons (Fsp3) is 0.156. The van der Waals surface area contributed by atoms with Gasteiger partial charge in [-0.25, -0.2) is 0 Å². The van der Waals surface area contributed by atoms with Gasteiger partial charge in [-0.3, -0.25) is 4.79 Å². The second-order valence-electron chi connectivity index (χ2n) is 9.67. The molecule has 1 heterocycles. The largest absolute Gasteiger partial charge is 0.504 e. The molecule has 2 aliphatic rings. The maximum absolute atomic E-state index is 13.5. The van der Waals surface area contributed by atoms with Crippen molar-refractivity contribution in [2.24, 2.45) is 5.92 Å². The Labute approximate surface area is 222 Å². The van der Waals surface area contributed by atoms with Gasteiger partial charge in [-0.05, 0) is 66.4 Å². The minimum atomic E-state index is -0.188. The van der Waals surface area contributed by atoms with Crippen LogP contribution in [-0.4, -0.2) is 18.1 Å². The van der Waals surface area contributed by atoms with Crippen LogP contribution in [0.4, 0.5) is 22.7 Å². The second kappa shape index (κ2) is 9.98. The number of hydrogen-bond donors (Lipinski definition) is 4. The van der Waals surface area contributed by atoms with Crippen molar-refractivity contribution in [2.75, 3.05) is 23.1 Å². The van der Waals surface area contributed by atoms with Gasteiger partial charge in [-0.2, -0.15) is 0 Å². The standard InChI is InChI=1S/C32H29N3O3/c1-38-28-15-7-13-26(31(28)36)29-24-11-5-10-23(24)25-12-6-14-27(30(25)35-29)32(37)34-22-18-16-21(17-19-22)33-20-8-3-2-4-9-20/h2-10,12-19,23-24,29,33,35-36H,11H2,1H3,(H,34,37). The Morgan fingerprint density at radius 3 is 2.37 bits per heavy atom. The van der Waals surface area contributed by atoms with Gasteiger partial charge in [0.15, 0.2) is 11.5 Å². The van der Waals surface area contributed by atoms with E-state index in [0.717, 1.165) is 34.6 Å². The summed E-state index contributed by atoms with van der Waals surface area (Å²) in [5, 5.41) is 21.0. The highest BCUT2D eigenvalue weighted by atomic mass is 16.5. The van der Waals surface area contributed by atoms with Gasteiger partial charge in [-0.15, -0.1) is 0 Å². The Morgan fingerprint density at radius 1 is 0.868 bits per heavy atom. The number of aromatic hydroxyl groups is 1. The average Bonchev–Trinajstić information content (AvgIpc) is 3.45. The summed E-state index contributed by atoms with van der Waals surface area (Å²) in [5.41, 5.74) is 5.88. The summed E-state index contributed by atoms with van der Waals surface area (Å²) in [6, 6.07) is 28.9. The lowest BCUT2D eigenvalue weighted by Crippen LogP contribution is -2.31. The molecule has 6 rings (SSSR count). The van der Waals surface area contributed by atoms with Crippen LogP contribution in [-0.2, 0) is 0 Å². The highest BCUT2D eigenvalue weighted by molar-refractivity contribution is 6.08. The molecule has 0 radical (unpaired) electrons. The summed E-state index contributed by atoms with van der Waals surface area (Å²) in [5.74, 6) is 0.759. The first-order valence-corrected chi connectivity index (χ1v) is 12.8. The van der Waals surface area contributed by atoms with Gasteiger partial charge < -0.3 is 25.8 Å². The third kappa shape index (κ3) is 4.34. The van der Waals surface area contributed by atoms with E-state index in [4.69, 9.17) is 4.74 Å². The van der Waals surface area contributed by atoms with Gasteiger partial charge >= 0.3 is 0 Å². The number of fused-ring (bicyclic) bond motifs is 3. The highest BCUT2D eigenvalue weighted by Crippen LogP contribution is 2.52. The van der Waals surface area contributed by atoms with Gasteiger partial charge in [0.1, 0.15) is 0 Å². The highest BCUT2D eigenvalue weighted by Gasteiger charge is 2.40. The van der Waals surface area contributed by atoms with Crippen LogP contribution in [0.25, 0.3) is 0 Å². The summed E-state index contributed by atoms with van der Waals surface area (Å²) in [6.07, 6.45) is 5.29. The van der Waals surface area contributed by atoms with Crippen LogP contribution in [0.2, 0.25) is 0 Å². The molecule has 1 aliphatic heterocycles. The molecule has 4 aromatic carbocycles. The lowest BCUT2D eigenvalue weighted by molar-refractivity contribution is 0.102. The van der Waals surface area contributed by atoms with E-state index in [1.54, 1.807) is 13.2 Å². The number of para-hydroxylation sites is 3. The van der Waals surface area contributed by atoms with E-state index in [0.29, 0.717) is 17.0 Å². The van der Waals surface area contributed by atoms with Crippen molar-refractivity contribution >= 4 is 28.7 Å². The van der Waals surface area contributed by atoms with E-state index in [1.807, 2.05) is 78.9 Å². The van der Waals surface area contributed by atoms with Crippen molar-refractivity contribution < 1.29 is 14.6 Å². The number of ether oxygens (including phenoxy) is 1. The molecule has 38 heavy (non-hydrogen) atoms. The fourth-order valence-electron chi connectivity index (χ4n) is 5.60. The summed E-state index contributed by atoms with van der Waals surface area (Å²) < 4.78 is 5.37. The number of rotatable bonds is 6. The van der Waals surface area contributed by atoms with E-state index in [2.05, 4.69) is 34.2 Å². The SMILES string of the molecule is COc1cccc(C2Nc3c(C(=O)Nc4ccc(Nc5ccccc5)cc4)cccc3C3C=CCC32)c1O. The molecular weight excluding hydrogens is 474 g/mol. The van der Waals surface area contributed by atoms with Gasteiger partial charge in [0.2, 0.25) is 0 Å². The summed E-state index contributed by atoms with van der Waals surface area (Å²) >= 11 is 0. The summed E-state index contributed by atoms with van der Waals surface area (Å²) in [4.78, 5) is 13.5. The molecule has 0 spiro atoms. The monoisotopic (exact) mass is 503 g/mol. The van der Waals surface area contributed by atoms with Crippen LogP contribution in [0.5, 0.6) is 11.5 Å². The molecule has 0 bridgehead atoms. The first kappa shape index (κ1) is 23.7. The molecule has 0 aromatic heterocycles. The van der Waals surface area contributed by atoms with Crippen molar-refractivity contribution in [3.8, 4) is 11.5 Å². The minimum Gasteiger partial charge on any atom is -0.504 e. The molecule has 3 atom stereocenters. The molecule has 0 saturated carbocycles. The summed E-state index contributed by atoms with van der Waals surface area (Å²) in [7, 11) is 1.55. The van der Waals surface area contributed by atoms with Crippen molar-refractivity contribution in [2.45, 2.75) is 18.4 Å². The number of allylic oxidation sites excluding steroid dienone is 2.